The fourth-order valence-electron chi connectivity index (χ4n) is 2.86. The van der Waals surface area contributed by atoms with Gasteiger partial charge in [0.15, 0.2) is 5.16 Å². The van der Waals surface area contributed by atoms with Crippen LogP contribution in [0, 0.1) is 17.6 Å². The molecule has 3 N–H and O–H groups in total. The predicted molar refractivity (Wildman–Crippen MR) is 111 cm³/mol. The molecule has 1 aliphatic carbocycles. The predicted octanol–water partition coefficient (Wildman–Crippen LogP) is 2.95. The van der Waals surface area contributed by atoms with E-state index in [-0.39, 0.29) is 35.3 Å². The quantitative estimate of drug-likeness (QED) is 0.464. The molecule has 0 amide bonds. The van der Waals surface area contributed by atoms with E-state index in [2.05, 4.69) is 25.0 Å². The van der Waals surface area contributed by atoms with E-state index in [1.807, 2.05) is 0 Å². The molecule has 164 valence electrons. The maximum absolute atomic E-state index is 14.1. The van der Waals surface area contributed by atoms with Gasteiger partial charge in [0.1, 0.15) is 11.6 Å². The third-order valence-electron chi connectivity index (χ3n) is 4.44. The first-order chi connectivity index (χ1) is 14.1. The van der Waals surface area contributed by atoms with Crippen molar-refractivity contribution in [3.63, 3.8) is 0 Å². The van der Waals surface area contributed by atoms with Crippen molar-refractivity contribution in [1.82, 2.24) is 15.0 Å². The minimum Gasteiger partial charge on any atom is -0.394 e. The molecule has 1 aliphatic rings. The van der Waals surface area contributed by atoms with Crippen LogP contribution in [0.2, 0.25) is 0 Å². The number of anilines is 2. The van der Waals surface area contributed by atoms with Gasteiger partial charge in [-0.05, 0) is 25.3 Å². The summed E-state index contributed by atoms with van der Waals surface area (Å²) in [5, 5.41) is 12.3. The molecule has 0 unspecified atom stereocenters. The number of benzene rings is 1. The summed E-state index contributed by atoms with van der Waals surface area (Å²) in [6, 6.07) is 3.02. The lowest BCUT2D eigenvalue weighted by Crippen LogP contribution is -2.26. The molecule has 1 aromatic carbocycles. The monoisotopic (exact) mass is 459 g/mol. The normalized spacial score (nSPS) is 16.2. The average Bonchev–Trinajstić information content (AvgIpc) is 3.43. The number of thioether (sulfide) groups is 1. The zero-order valence-corrected chi connectivity index (χ0v) is 18.1. The molecule has 1 aromatic heterocycles. The molecular weight excluding hydrogens is 436 g/mol. The van der Waals surface area contributed by atoms with Crippen molar-refractivity contribution in [3.05, 3.63) is 35.4 Å². The molecule has 12 heteroatoms. The van der Waals surface area contributed by atoms with Crippen LogP contribution in [0.4, 0.5) is 20.7 Å². The van der Waals surface area contributed by atoms with Crippen molar-refractivity contribution in [3.8, 4) is 0 Å². The van der Waals surface area contributed by atoms with E-state index >= 15 is 0 Å². The summed E-state index contributed by atoms with van der Waals surface area (Å²) in [6.07, 6.45) is 3.93. The van der Waals surface area contributed by atoms with Gasteiger partial charge < -0.3 is 10.4 Å². The SMILES string of the molecule is C[C@H](Sc1nc(N[C@@H](CO)CC2CC2)nc(NS(C)(=O)=O)n1)c1ccc(F)cc1F. The maximum atomic E-state index is 14.1. The van der Waals surface area contributed by atoms with Gasteiger partial charge in [0.05, 0.1) is 18.9 Å². The Morgan fingerprint density at radius 2 is 1.93 bits per heavy atom. The van der Waals surface area contributed by atoms with Gasteiger partial charge in [-0.2, -0.15) is 15.0 Å². The van der Waals surface area contributed by atoms with Gasteiger partial charge in [-0.25, -0.2) is 17.2 Å². The van der Waals surface area contributed by atoms with Crippen molar-refractivity contribution >= 4 is 33.7 Å². The molecule has 2 atom stereocenters. The van der Waals surface area contributed by atoms with Gasteiger partial charge >= 0.3 is 0 Å². The van der Waals surface area contributed by atoms with Gasteiger partial charge in [0.25, 0.3) is 0 Å². The van der Waals surface area contributed by atoms with Crippen molar-refractivity contribution in [2.45, 2.75) is 42.6 Å². The van der Waals surface area contributed by atoms with E-state index in [4.69, 9.17) is 0 Å². The van der Waals surface area contributed by atoms with Gasteiger partial charge in [-0.1, -0.05) is 30.7 Å². The van der Waals surface area contributed by atoms with Crippen molar-refractivity contribution in [2.24, 2.45) is 5.92 Å². The Morgan fingerprint density at radius 3 is 2.53 bits per heavy atom. The molecule has 3 rings (SSSR count). The molecule has 0 aliphatic heterocycles. The van der Waals surface area contributed by atoms with Crippen LogP contribution in [-0.4, -0.2) is 47.4 Å². The number of nitrogens with zero attached hydrogens (tertiary/aromatic N) is 3. The molecular formula is C18H23F2N5O3S2. The summed E-state index contributed by atoms with van der Waals surface area (Å²) >= 11 is 1.07. The standard InChI is InChI=1S/C18H23F2N5O3S2/c1-10(14-6-5-12(19)8-15(14)20)29-18-23-16(21-13(9-26)7-11-3-4-11)22-17(24-18)25-30(2,27)28/h5-6,8,10-11,13,26H,3-4,7,9H2,1-2H3,(H2,21,22,23,24,25)/t10-,13+/m0/s1. The first-order valence-corrected chi connectivity index (χ1v) is 12.1. The van der Waals surface area contributed by atoms with Crippen LogP contribution in [0.15, 0.2) is 23.4 Å². The average molecular weight is 460 g/mol. The fourth-order valence-corrected chi connectivity index (χ4v) is 4.19. The van der Waals surface area contributed by atoms with E-state index in [0.717, 1.165) is 49.4 Å². The molecule has 30 heavy (non-hydrogen) atoms. The number of rotatable bonds is 10. The smallest absolute Gasteiger partial charge is 0.242 e. The van der Waals surface area contributed by atoms with Crippen molar-refractivity contribution in [2.75, 3.05) is 22.9 Å². The number of aliphatic hydroxyl groups is 1. The van der Waals surface area contributed by atoms with Crippen LogP contribution in [0.25, 0.3) is 0 Å². The van der Waals surface area contributed by atoms with E-state index in [9.17, 15) is 22.3 Å². The van der Waals surface area contributed by atoms with E-state index in [1.54, 1.807) is 6.92 Å². The van der Waals surface area contributed by atoms with Gasteiger partial charge in [0.2, 0.25) is 21.9 Å². The first-order valence-electron chi connectivity index (χ1n) is 9.36. The summed E-state index contributed by atoms with van der Waals surface area (Å²) in [5.41, 5.74) is 0.260. The van der Waals surface area contributed by atoms with Crippen molar-refractivity contribution < 1.29 is 22.3 Å². The molecule has 0 saturated heterocycles. The highest BCUT2D eigenvalue weighted by molar-refractivity contribution is 7.99. The third kappa shape index (κ3) is 6.74. The Balaban J connectivity index is 1.84. The molecule has 1 fully saturated rings. The largest absolute Gasteiger partial charge is 0.394 e. The first kappa shape index (κ1) is 22.6. The molecule has 0 spiro atoms. The highest BCUT2D eigenvalue weighted by Crippen LogP contribution is 2.36. The third-order valence-corrected chi connectivity index (χ3v) is 6.00. The number of hydrogen-bond acceptors (Lipinski definition) is 8. The summed E-state index contributed by atoms with van der Waals surface area (Å²) in [5.74, 6) is -0.912. The van der Waals surface area contributed by atoms with Crippen LogP contribution >= 0.6 is 11.8 Å². The maximum Gasteiger partial charge on any atom is 0.242 e. The Hall–Kier alpha value is -2.05. The topological polar surface area (TPSA) is 117 Å². The zero-order chi connectivity index (χ0) is 21.9. The zero-order valence-electron chi connectivity index (χ0n) is 16.5. The second kappa shape index (κ2) is 9.40. The van der Waals surface area contributed by atoms with Crippen LogP contribution in [-0.2, 0) is 10.0 Å². The lowest BCUT2D eigenvalue weighted by atomic mass is 10.1. The molecule has 1 saturated carbocycles. The van der Waals surface area contributed by atoms with Crippen molar-refractivity contribution in [1.29, 1.82) is 0 Å². The van der Waals surface area contributed by atoms with Gasteiger partial charge in [-0.15, -0.1) is 0 Å². The molecule has 2 aromatic rings. The van der Waals surface area contributed by atoms with E-state index in [1.165, 1.54) is 6.07 Å². The molecule has 0 radical (unpaired) electrons. The fraction of sp³-hybridized carbons (Fsp3) is 0.500. The Bertz CT molecular complexity index is 1010. The number of sulfonamides is 1. The summed E-state index contributed by atoms with van der Waals surface area (Å²) < 4.78 is 52.7. The second-order valence-corrected chi connectivity index (χ2v) is 10.3. The summed E-state index contributed by atoms with van der Waals surface area (Å²) in [6.45, 7) is 1.57. The molecule has 8 nitrogen and oxygen atoms in total. The number of nitrogens with one attached hydrogen (secondary N) is 2. The summed E-state index contributed by atoms with van der Waals surface area (Å²) in [4.78, 5) is 12.4. The van der Waals surface area contributed by atoms with Crippen LogP contribution in [0.5, 0.6) is 0 Å². The highest BCUT2D eigenvalue weighted by atomic mass is 32.2. The Kier molecular flexibility index (Phi) is 7.09. The van der Waals surface area contributed by atoms with E-state index < -0.39 is 26.9 Å². The number of aromatic nitrogens is 3. The van der Waals surface area contributed by atoms with Crippen LogP contribution in [0.3, 0.4) is 0 Å². The Labute approximate surface area is 178 Å². The molecule has 1 heterocycles. The van der Waals surface area contributed by atoms with Gasteiger partial charge in [-0.3, -0.25) is 4.72 Å². The van der Waals surface area contributed by atoms with Crippen LogP contribution < -0.4 is 10.0 Å². The molecule has 0 bridgehead atoms. The minimum atomic E-state index is -3.64. The van der Waals surface area contributed by atoms with Crippen LogP contribution in [0.1, 0.15) is 37.0 Å². The van der Waals surface area contributed by atoms with E-state index in [0.29, 0.717) is 5.92 Å². The summed E-state index contributed by atoms with van der Waals surface area (Å²) in [7, 11) is -3.64. The minimum absolute atomic E-state index is 0.102. The lowest BCUT2D eigenvalue weighted by Gasteiger charge is -2.17. The number of hydrogen-bond donors (Lipinski definition) is 3. The Morgan fingerprint density at radius 1 is 1.23 bits per heavy atom. The number of halogens is 2. The number of aliphatic hydroxyl groups excluding tert-OH is 1. The highest BCUT2D eigenvalue weighted by Gasteiger charge is 2.26. The lowest BCUT2D eigenvalue weighted by molar-refractivity contribution is 0.264. The van der Waals surface area contributed by atoms with Gasteiger partial charge in [0, 0.05) is 16.9 Å². The second-order valence-electron chi connectivity index (χ2n) is 7.27.